The number of halogens is 1. The summed E-state index contributed by atoms with van der Waals surface area (Å²) in [4.78, 5) is 16.5. The van der Waals surface area contributed by atoms with E-state index in [-0.39, 0.29) is 0 Å². The molecular formula is C9H5ClN4S. The van der Waals surface area contributed by atoms with Gasteiger partial charge in [-0.2, -0.15) is 0 Å². The van der Waals surface area contributed by atoms with Crippen LogP contribution in [-0.2, 0) is 0 Å². The topological polar surface area (TPSA) is 54.5 Å². The molecule has 0 aliphatic heterocycles. The number of thiophene rings is 1. The minimum atomic E-state index is 0.671. The van der Waals surface area contributed by atoms with Crippen molar-refractivity contribution in [2.45, 2.75) is 0 Å². The molecule has 3 aromatic rings. The smallest absolute Gasteiger partial charge is 0.181 e. The van der Waals surface area contributed by atoms with Gasteiger partial charge >= 0.3 is 0 Å². The van der Waals surface area contributed by atoms with Crippen LogP contribution in [0.3, 0.4) is 0 Å². The highest BCUT2D eigenvalue weighted by molar-refractivity contribution is 7.19. The number of aromatic amines is 1. The van der Waals surface area contributed by atoms with Crippen LogP contribution in [0.5, 0.6) is 0 Å². The highest BCUT2D eigenvalue weighted by Crippen LogP contribution is 2.29. The van der Waals surface area contributed by atoms with Gasteiger partial charge < -0.3 is 4.98 Å². The van der Waals surface area contributed by atoms with Crippen LogP contribution in [-0.4, -0.2) is 19.9 Å². The summed E-state index contributed by atoms with van der Waals surface area (Å²) in [6.45, 7) is 0. The van der Waals surface area contributed by atoms with E-state index in [1.54, 1.807) is 6.20 Å². The van der Waals surface area contributed by atoms with Gasteiger partial charge in [-0.1, -0.05) is 11.6 Å². The number of fused-ring (bicyclic) bond motifs is 1. The molecule has 0 saturated heterocycles. The first-order valence-electron chi connectivity index (χ1n) is 4.24. The minimum absolute atomic E-state index is 0.671. The molecule has 0 aliphatic rings. The molecule has 3 aromatic heterocycles. The van der Waals surface area contributed by atoms with E-state index < -0.39 is 0 Å². The van der Waals surface area contributed by atoms with Gasteiger partial charge in [0.05, 0.1) is 15.4 Å². The predicted octanol–water partition coefficient (Wildman–Crippen LogP) is 2.73. The maximum absolute atomic E-state index is 5.86. The van der Waals surface area contributed by atoms with Gasteiger partial charge in [0.2, 0.25) is 0 Å². The van der Waals surface area contributed by atoms with Crippen LogP contribution < -0.4 is 0 Å². The van der Waals surface area contributed by atoms with Gasteiger partial charge in [-0.05, 0) is 12.1 Å². The quantitative estimate of drug-likeness (QED) is 0.707. The summed E-state index contributed by atoms with van der Waals surface area (Å²) in [5.74, 6) is 0.780. The van der Waals surface area contributed by atoms with Crippen molar-refractivity contribution in [3.8, 4) is 10.7 Å². The van der Waals surface area contributed by atoms with Crippen molar-refractivity contribution in [3.05, 3.63) is 29.0 Å². The van der Waals surface area contributed by atoms with E-state index >= 15 is 0 Å². The molecule has 6 heteroatoms. The Labute approximate surface area is 94.0 Å². The van der Waals surface area contributed by atoms with E-state index in [0.717, 1.165) is 20.6 Å². The number of imidazole rings is 1. The predicted molar refractivity (Wildman–Crippen MR) is 60.0 cm³/mol. The molecule has 0 saturated carbocycles. The molecule has 15 heavy (non-hydrogen) atoms. The largest absolute Gasteiger partial charge is 0.335 e. The molecule has 4 nitrogen and oxygen atoms in total. The molecule has 0 aromatic carbocycles. The second kappa shape index (κ2) is 3.29. The number of hydrogen-bond donors (Lipinski definition) is 1. The van der Waals surface area contributed by atoms with Crippen molar-refractivity contribution >= 4 is 34.1 Å². The number of aromatic nitrogens is 4. The SMILES string of the molecule is Clc1ccc(-c2nc3ncncc3[nH]2)s1. The first kappa shape index (κ1) is 8.82. The van der Waals surface area contributed by atoms with E-state index in [4.69, 9.17) is 11.6 Å². The highest BCUT2D eigenvalue weighted by atomic mass is 35.5. The highest BCUT2D eigenvalue weighted by Gasteiger charge is 2.07. The molecule has 0 bridgehead atoms. The number of rotatable bonds is 1. The van der Waals surface area contributed by atoms with E-state index in [9.17, 15) is 0 Å². The van der Waals surface area contributed by atoms with Crippen molar-refractivity contribution in [1.82, 2.24) is 19.9 Å². The molecule has 0 spiro atoms. The standard InChI is InChI=1S/C9H5ClN4S/c10-7-2-1-6(15-7)9-13-5-3-11-4-12-8(5)14-9/h1-4H,(H,11,12,13,14). The van der Waals surface area contributed by atoms with E-state index in [1.165, 1.54) is 17.7 Å². The Bertz CT molecular complexity index is 582. The van der Waals surface area contributed by atoms with E-state index in [2.05, 4.69) is 19.9 Å². The summed E-state index contributed by atoms with van der Waals surface area (Å²) in [6, 6.07) is 3.78. The summed E-state index contributed by atoms with van der Waals surface area (Å²) in [7, 11) is 0. The summed E-state index contributed by atoms with van der Waals surface area (Å²) < 4.78 is 0.747. The fourth-order valence-corrected chi connectivity index (χ4v) is 2.31. The van der Waals surface area contributed by atoms with E-state index in [1.807, 2.05) is 12.1 Å². The molecular weight excluding hydrogens is 232 g/mol. The molecule has 0 fully saturated rings. The third kappa shape index (κ3) is 1.49. The normalized spacial score (nSPS) is 11.0. The molecule has 1 N–H and O–H groups in total. The van der Waals surface area contributed by atoms with Crippen LogP contribution in [0.1, 0.15) is 0 Å². The van der Waals surface area contributed by atoms with Crippen LogP contribution in [0.4, 0.5) is 0 Å². The van der Waals surface area contributed by atoms with Crippen LogP contribution in [0.2, 0.25) is 4.34 Å². The van der Waals surface area contributed by atoms with E-state index in [0.29, 0.717) is 5.65 Å². The van der Waals surface area contributed by atoms with Crippen molar-refractivity contribution in [1.29, 1.82) is 0 Å². The number of H-pyrrole nitrogens is 1. The molecule has 3 heterocycles. The molecule has 0 aliphatic carbocycles. The van der Waals surface area contributed by atoms with Gasteiger partial charge in [0.1, 0.15) is 11.8 Å². The second-order valence-electron chi connectivity index (χ2n) is 2.95. The number of nitrogens with one attached hydrogen (secondary N) is 1. The zero-order valence-corrected chi connectivity index (χ0v) is 9.01. The average molecular weight is 237 g/mol. The summed E-state index contributed by atoms with van der Waals surface area (Å²) >= 11 is 7.34. The molecule has 0 amide bonds. The average Bonchev–Trinajstić information content (AvgIpc) is 2.82. The molecule has 3 rings (SSSR count). The van der Waals surface area contributed by atoms with Gasteiger partial charge in [-0.25, -0.2) is 15.0 Å². The fourth-order valence-electron chi connectivity index (χ4n) is 1.32. The van der Waals surface area contributed by atoms with Crippen LogP contribution in [0.25, 0.3) is 21.9 Å². The first-order chi connectivity index (χ1) is 7.33. The van der Waals surface area contributed by atoms with Crippen LogP contribution in [0, 0.1) is 0 Å². The van der Waals surface area contributed by atoms with Gasteiger partial charge in [0, 0.05) is 0 Å². The lowest BCUT2D eigenvalue weighted by Crippen LogP contribution is -1.76. The lowest BCUT2D eigenvalue weighted by Gasteiger charge is -1.85. The Morgan fingerprint density at radius 1 is 1.33 bits per heavy atom. The van der Waals surface area contributed by atoms with Gasteiger partial charge in [0.15, 0.2) is 11.5 Å². The third-order valence-corrected chi connectivity index (χ3v) is 3.21. The lowest BCUT2D eigenvalue weighted by molar-refractivity contribution is 1.20. The number of hydrogen-bond acceptors (Lipinski definition) is 4. The number of nitrogens with zero attached hydrogens (tertiary/aromatic N) is 3. The third-order valence-electron chi connectivity index (χ3n) is 1.97. The maximum Gasteiger partial charge on any atom is 0.181 e. The maximum atomic E-state index is 5.86. The summed E-state index contributed by atoms with van der Waals surface area (Å²) in [5.41, 5.74) is 1.50. The van der Waals surface area contributed by atoms with Crippen LogP contribution in [0.15, 0.2) is 24.7 Å². The van der Waals surface area contributed by atoms with Crippen molar-refractivity contribution in [2.75, 3.05) is 0 Å². The molecule has 74 valence electrons. The zero-order chi connectivity index (χ0) is 10.3. The van der Waals surface area contributed by atoms with Crippen molar-refractivity contribution < 1.29 is 0 Å². The van der Waals surface area contributed by atoms with Crippen LogP contribution >= 0.6 is 22.9 Å². The Balaban J connectivity index is 2.19. The second-order valence-corrected chi connectivity index (χ2v) is 4.66. The van der Waals surface area contributed by atoms with Crippen molar-refractivity contribution in [2.24, 2.45) is 0 Å². The summed E-state index contributed by atoms with van der Waals surface area (Å²) in [6.07, 6.45) is 3.18. The fraction of sp³-hybridized carbons (Fsp3) is 0. The monoisotopic (exact) mass is 236 g/mol. The Hall–Kier alpha value is -1.46. The van der Waals surface area contributed by atoms with Gasteiger partial charge in [0.25, 0.3) is 0 Å². The minimum Gasteiger partial charge on any atom is -0.335 e. The van der Waals surface area contributed by atoms with Crippen molar-refractivity contribution in [3.63, 3.8) is 0 Å². The first-order valence-corrected chi connectivity index (χ1v) is 5.44. The molecule has 0 radical (unpaired) electrons. The Morgan fingerprint density at radius 3 is 3.00 bits per heavy atom. The Kier molecular flexibility index (Phi) is 1.93. The zero-order valence-electron chi connectivity index (χ0n) is 7.44. The molecule has 0 atom stereocenters. The summed E-state index contributed by atoms with van der Waals surface area (Å²) in [5, 5.41) is 0. The van der Waals surface area contributed by atoms with Gasteiger partial charge in [-0.15, -0.1) is 11.3 Å². The Morgan fingerprint density at radius 2 is 2.27 bits per heavy atom. The van der Waals surface area contributed by atoms with Gasteiger partial charge in [-0.3, -0.25) is 0 Å². The lowest BCUT2D eigenvalue weighted by atomic mass is 10.4. The molecule has 0 unspecified atom stereocenters.